The molecule has 3 nitrogen and oxygen atoms in total. The van der Waals surface area contributed by atoms with Gasteiger partial charge in [-0.25, -0.2) is 4.98 Å². The van der Waals surface area contributed by atoms with E-state index < -0.39 is 0 Å². The molecular weight excluding hydrogens is 232 g/mol. The van der Waals surface area contributed by atoms with E-state index in [2.05, 4.69) is 23.3 Å². The van der Waals surface area contributed by atoms with Gasteiger partial charge in [-0.2, -0.15) is 0 Å². The van der Waals surface area contributed by atoms with Crippen LogP contribution in [0.5, 0.6) is 5.75 Å². The molecule has 0 bridgehead atoms. The van der Waals surface area contributed by atoms with Gasteiger partial charge in [0.15, 0.2) is 0 Å². The minimum absolute atomic E-state index is 0.788. The number of thiazole rings is 1. The number of rotatable bonds is 4. The first kappa shape index (κ1) is 11.9. The summed E-state index contributed by atoms with van der Waals surface area (Å²) >= 11 is 1.67. The summed E-state index contributed by atoms with van der Waals surface area (Å²) in [7, 11) is 1.69. The lowest BCUT2D eigenvalue weighted by molar-refractivity contribution is 0.416. The Kier molecular flexibility index (Phi) is 3.64. The number of aromatic nitrogens is 1. The minimum atomic E-state index is 0.788. The van der Waals surface area contributed by atoms with Crippen LogP contribution in [0, 0.1) is 13.8 Å². The van der Waals surface area contributed by atoms with Crippen molar-refractivity contribution in [2.75, 3.05) is 12.4 Å². The highest BCUT2D eigenvalue weighted by Gasteiger charge is 2.05. The lowest BCUT2D eigenvalue weighted by Crippen LogP contribution is -2.01. The van der Waals surface area contributed by atoms with Gasteiger partial charge in [0.05, 0.1) is 30.5 Å². The number of hydrogen-bond acceptors (Lipinski definition) is 4. The van der Waals surface area contributed by atoms with Crippen LogP contribution in [-0.2, 0) is 6.54 Å². The van der Waals surface area contributed by atoms with Gasteiger partial charge in [0.25, 0.3) is 0 Å². The van der Waals surface area contributed by atoms with E-state index >= 15 is 0 Å². The second-order valence-electron chi connectivity index (χ2n) is 3.92. The number of hydrogen-bond donors (Lipinski definition) is 1. The molecule has 0 fully saturated rings. The standard InChI is InChI=1S/C13H16N2OS/c1-9-4-5-11(12(6-9)16-3)14-7-13-10(2)15-8-17-13/h4-6,8,14H,7H2,1-3H3. The molecule has 0 radical (unpaired) electrons. The fourth-order valence-electron chi connectivity index (χ4n) is 1.62. The molecular formula is C13H16N2OS. The number of benzene rings is 1. The Hall–Kier alpha value is -1.55. The lowest BCUT2D eigenvalue weighted by atomic mass is 10.2. The fraction of sp³-hybridized carbons (Fsp3) is 0.308. The van der Waals surface area contributed by atoms with Gasteiger partial charge in [0.1, 0.15) is 5.75 Å². The Bertz CT molecular complexity index is 508. The highest BCUT2D eigenvalue weighted by atomic mass is 32.1. The summed E-state index contributed by atoms with van der Waals surface area (Å²) in [4.78, 5) is 5.49. The van der Waals surface area contributed by atoms with E-state index in [1.54, 1.807) is 18.4 Å². The molecule has 17 heavy (non-hydrogen) atoms. The SMILES string of the molecule is COc1cc(C)ccc1NCc1scnc1C. The molecule has 0 spiro atoms. The van der Waals surface area contributed by atoms with Crippen LogP contribution in [0.4, 0.5) is 5.69 Å². The third-order valence-electron chi connectivity index (χ3n) is 2.64. The molecule has 0 saturated carbocycles. The second-order valence-corrected chi connectivity index (χ2v) is 4.86. The van der Waals surface area contributed by atoms with Gasteiger partial charge in [-0.05, 0) is 31.5 Å². The van der Waals surface area contributed by atoms with E-state index in [-0.39, 0.29) is 0 Å². The summed E-state index contributed by atoms with van der Waals surface area (Å²) in [5.74, 6) is 0.882. The Morgan fingerprint density at radius 3 is 2.82 bits per heavy atom. The molecule has 0 aliphatic rings. The molecule has 0 atom stereocenters. The molecule has 2 rings (SSSR count). The van der Waals surface area contributed by atoms with Crippen LogP contribution < -0.4 is 10.1 Å². The zero-order chi connectivity index (χ0) is 12.3. The average molecular weight is 248 g/mol. The monoisotopic (exact) mass is 248 g/mol. The number of aryl methyl sites for hydroxylation is 2. The van der Waals surface area contributed by atoms with Gasteiger partial charge in [-0.3, -0.25) is 0 Å². The van der Waals surface area contributed by atoms with Crippen LogP contribution in [-0.4, -0.2) is 12.1 Å². The largest absolute Gasteiger partial charge is 0.495 e. The maximum absolute atomic E-state index is 5.35. The summed E-state index contributed by atoms with van der Waals surface area (Å²) in [5, 5.41) is 3.38. The van der Waals surface area contributed by atoms with Crippen molar-refractivity contribution in [3.05, 3.63) is 39.8 Å². The van der Waals surface area contributed by atoms with Crippen LogP contribution in [0.25, 0.3) is 0 Å². The zero-order valence-corrected chi connectivity index (χ0v) is 11.1. The highest BCUT2D eigenvalue weighted by molar-refractivity contribution is 7.09. The van der Waals surface area contributed by atoms with Crippen LogP contribution in [0.1, 0.15) is 16.1 Å². The first-order valence-electron chi connectivity index (χ1n) is 5.48. The van der Waals surface area contributed by atoms with E-state index in [1.165, 1.54) is 10.4 Å². The maximum atomic E-state index is 5.35. The average Bonchev–Trinajstić information content (AvgIpc) is 2.73. The normalized spacial score (nSPS) is 10.3. The summed E-state index contributed by atoms with van der Waals surface area (Å²) in [6.45, 7) is 4.87. The fourth-order valence-corrected chi connectivity index (χ4v) is 2.33. The van der Waals surface area contributed by atoms with E-state index in [1.807, 2.05) is 24.6 Å². The molecule has 2 aromatic rings. The van der Waals surface area contributed by atoms with Crippen molar-refractivity contribution in [3.63, 3.8) is 0 Å². The maximum Gasteiger partial charge on any atom is 0.142 e. The van der Waals surface area contributed by atoms with E-state index in [9.17, 15) is 0 Å². The van der Waals surface area contributed by atoms with Crippen LogP contribution >= 0.6 is 11.3 Å². The third-order valence-corrected chi connectivity index (χ3v) is 3.58. The molecule has 0 unspecified atom stereocenters. The molecule has 0 aliphatic heterocycles. The van der Waals surface area contributed by atoms with Gasteiger partial charge in [0.2, 0.25) is 0 Å². The predicted molar refractivity (Wildman–Crippen MR) is 71.9 cm³/mol. The highest BCUT2D eigenvalue weighted by Crippen LogP contribution is 2.26. The lowest BCUT2D eigenvalue weighted by Gasteiger charge is -2.11. The summed E-state index contributed by atoms with van der Waals surface area (Å²) in [6.07, 6.45) is 0. The number of nitrogens with one attached hydrogen (secondary N) is 1. The minimum Gasteiger partial charge on any atom is -0.495 e. The summed E-state index contributed by atoms with van der Waals surface area (Å²) in [6, 6.07) is 6.15. The van der Waals surface area contributed by atoms with Gasteiger partial charge >= 0.3 is 0 Å². The molecule has 4 heteroatoms. The summed E-state index contributed by atoms with van der Waals surface area (Å²) < 4.78 is 5.35. The van der Waals surface area contributed by atoms with Crippen molar-refractivity contribution in [1.29, 1.82) is 0 Å². The first-order valence-corrected chi connectivity index (χ1v) is 6.36. The van der Waals surface area contributed by atoms with Gasteiger partial charge < -0.3 is 10.1 Å². The Morgan fingerprint density at radius 1 is 1.35 bits per heavy atom. The second kappa shape index (κ2) is 5.19. The van der Waals surface area contributed by atoms with Crippen molar-refractivity contribution in [3.8, 4) is 5.75 Å². The van der Waals surface area contributed by atoms with E-state index in [0.717, 1.165) is 23.7 Å². The third kappa shape index (κ3) is 2.77. The number of nitrogens with zero attached hydrogens (tertiary/aromatic N) is 1. The number of ether oxygens (including phenoxy) is 1. The Labute approximate surface area is 105 Å². The Morgan fingerprint density at radius 2 is 2.18 bits per heavy atom. The topological polar surface area (TPSA) is 34.1 Å². The zero-order valence-electron chi connectivity index (χ0n) is 10.3. The molecule has 1 heterocycles. The molecule has 0 amide bonds. The molecule has 1 N–H and O–H groups in total. The molecule has 90 valence electrons. The first-order chi connectivity index (χ1) is 8.20. The van der Waals surface area contributed by atoms with Gasteiger partial charge in [-0.15, -0.1) is 11.3 Å². The van der Waals surface area contributed by atoms with Gasteiger partial charge in [-0.1, -0.05) is 6.07 Å². The molecule has 0 aliphatic carbocycles. The van der Waals surface area contributed by atoms with Crippen molar-refractivity contribution >= 4 is 17.0 Å². The number of anilines is 1. The quantitative estimate of drug-likeness (QED) is 0.900. The van der Waals surface area contributed by atoms with Crippen LogP contribution in [0.15, 0.2) is 23.7 Å². The van der Waals surface area contributed by atoms with Crippen LogP contribution in [0.3, 0.4) is 0 Å². The molecule has 0 saturated heterocycles. The van der Waals surface area contributed by atoms with Crippen LogP contribution in [0.2, 0.25) is 0 Å². The van der Waals surface area contributed by atoms with Crippen molar-refractivity contribution in [1.82, 2.24) is 4.98 Å². The van der Waals surface area contributed by atoms with Crippen molar-refractivity contribution in [2.45, 2.75) is 20.4 Å². The molecule has 1 aromatic heterocycles. The molecule has 1 aromatic carbocycles. The Balaban J connectivity index is 2.11. The predicted octanol–water partition coefficient (Wildman–Crippen LogP) is 3.38. The smallest absolute Gasteiger partial charge is 0.142 e. The van der Waals surface area contributed by atoms with Gasteiger partial charge in [0, 0.05) is 4.88 Å². The van der Waals surface area contributed by atoms with E-state index in [0.29, 0.717) is 0 Å². The number of methoxy groups -OCH3 is 1. The summed E-state index contributed by atoms with van der Waals surface area (Å²) in [5.41, 5.74) is 5.18. The van der Waals surface area contributed by atoms with Crippen molar-refractivity contribution < 1.29 is 4.74 Å². The van der Waals surface area contributed by atoms with Crippen molar-refractivity contribution in [2.24, 2.45) is 0 Å². The van der Waals surface area contributed by atoms with E-state index in [4.69, 9.17) is 4.74 Å².